The van der Waals surface area contributed by atoms with Crippen molar-refractivity contribution >= 4 is 17.4 Å². The summed E-state index contributed by atoms with van der Waals surface area (Å²) in [5, 5.41) is 28.4. The van der Waals surface area contributed by atoms with Crippen LogP contribution in [0.1, 0.15) is 43.0 Å². The molecule has 29 heavy (non-hydrogen) atoms. The van der Waals surface area contributed by atoms with Crippen LogP contribution in [0, 0.1) is 22.7 Å². The molecule has 0 bridgehead atoms. The molecule has 3 N–H and O–H groups in total. The number of hydrogen-bond acceptors (Lipinski definition) is 7. The Morgan fingerprint density at radius 2 is 2.00 bits per heavy atom. The molecule has 8 heteroatoms. The fourth-order valence-corrected chi connectivity index (χ4v) is 3.18. The molecule has 3 rings (SSSR count). The van der Waals surface area contributed by atoms with Crippen molar-refractivity contribution in [3.05, 3.63) is 41.1 Å². The summed E-state index contributed by atoms with van der Waals surface area (Å²) in [5.41, 5.74) is 8.36. The number of ether oxygens (including phenoxy) is 2. The van der Waals surface area contributed by atoms with Crippen molar-refractivity contribution in [1.29, 1.82) is 10.5 Å². The van der Waals surface area contributed by atoms with Crippen LogP contribution in [0.25, 0.3) is 16.7 Å². The average molecular weight is 390 g/mol. The summed E-state index contributed by atoms with van der Waals surface area (Å²) in [6, 6.07) is 9.32. The number of carboxylic acids is 1. The molecule has 0 amide bonds. The standard InChI is InChI=1S/C21H18N4O4/c1-2-12(4-3-5-18(26)27)20-14(9-22)19(15(10-23)21(24)25-20)13-6-7-16-17(8-13)29-11-28-16/h4,6-8H,2-3,5,11H2,1H3,(H2,24,25)(H,26,27). The number of nitrogens with zero attached hydrogens (tertiary/aromatic N) is 3. The van der Waals surface area contributed by atoms with Crippen molar-refractivity contribution in [3.63, 3.8) is 0 Å². The SMILES string of the molecule is CCC(=CCCC(=O)O)c1nc(N)c(C#N)c(-c2ccc3c(c2)OCO3)c1C#N. The van der Waals surface area contributed by atoms with Crippen LogP contribution in [0.3, 0.4) is 0 Å². The lowest BCUT2D eigenvalue weighted by atomic mass is 9.91. The van der Waals surface area contributed by atoms with Gasteiger partial charge in [0.05, 0.1) is 11.3 Å². The predicted octanol–water partition coefficient (Wildman–Crippen LogP) is 3.46. The number of nitrogen functional groups attached to an aromatic ring is 1. The number of aliphatic carboxylic acids is 1. The van der Waals surface area contributed by atoms with Crippen LogP contribution in [0.5, 0.6) is 11.5 Å². The van der Waals surface area contributed by atoms with Crippen LogP contribution in [-0.2, 0) is 4.79 Å². The molecule has 1 aromatic heterocycles. The zero-order chi connectivity index (χ0) is 21.0. The molecular formula is C21H18N4O4. The number of aromatic nitrogens is 1. The number of carboxylic acid groups (broad SMARTS) is 1. The zero-order valence-electron chi connectivity index (χ0n) is 15.7. The van der Waals surface area contributed by atoms with Gasteiger partial charge in [0.1, 0.15) is 23.5 Å². The first-order valence-electron chi connectivity index (χ1n) is 8.95. The van der Waals surface area contributed by atoms with Crippen LogP contribution in [0.2, 0.25) is 0 Å². The first-order valence-corrected chi connectivity index (χ1v) is 8.95. The third-order valence-corrected chi connectivity index (χ3v) is 4.54. The quantitative estimate of drug-likeness (QED) is 0.763. The van der Waals surface area contributed by atoms with Crippen LogP contribution in [-0.4, -0.2) is 22.9 Å². The molecule has 1 aliphatic rings. The van der Waals surface area contributed by atoms with E-state index in [9.17, 15) is 15.3 Å². The summed E-state index contributed by atoms with van der Waals surface area (Å²) < 4.78 is 10.7. The highest BCUT2D eigenvalue weighted by atomic mass is 16.7. The Labute approximate surface area is 167 Å². The second kappa shape index (κ2) is 8.32. The van der Waals surface area contributed by atoms with Crippen LogP contribution >= 0.6 is 0 Å². The minimum absolute atomic E-state index is 0.00625. The summed E-state index contributed by atoms with van der Waals surface area (Å²) in [5.74, 6) is 0.188. The molecule has 0 radical (unpaired) electrons. The number of allylic oxidation sites excluding steroid dienone is 2. The Hall–Kier alpha value is -4.04. The molecular weight excluding hydrogens is 372 g/mol. The molecule has 0 saturated carbocycles. The van der Waals surface area contributed by atoms with E-state index in [1.807, 2.05) is 13.0 Å². The van der Waals surface area contributed by atoms with Gasteiger partial charge in [-0.05, 0) is 36.1 Å². The van der Waals surface area contributed by atoms with Crippen LogP contribution in [0.15, 0.2) is 24.3 Å². The minimum Gasteiger partial charge on any atom is -0.481 e. The molecule has 1 aromatic carbocycles. The summed E-state index contributed by atoms with van der Waals surface area (Å²) in [4.78, 5) is 15.1. The molecule has 8 nitrogen and oxygen atoms in total. The Morgan fingerprint density at radius 3 is 2.66 bits per heavy atom. The van der Waals surface area contributed by atoms with E-state index in [2.05, 4.69) is 11.1 Å². The number of nitriles is 2. The molecule has 0 atom stereocenters. The number of benzene rings is 1. The van der Waals surface area contributed by atoms with Gasteiger partial charge in [-0.1, -0.05) is 19.1 Å². The van der Waals surface area contributed by atoms with Gasteiger partial charge in [0, 0.05) is 12.0 Å². The highest BCUT2D eigenvalue weighted by Gasteiger charge is 2.23. The van der Waals surface area contributed by atoms with E-state index in [0.717, 1.165) is 0 Å². The van der Waals surface area contributed by atoms with Crippen molar-refractivity contribution in [2.24, 2.45) is 0 Å². The number of hydrogen-bond donors (Lipinski definition) is 2. The zero-order valence-corrected chi connectivity index (χ0v) is 15.7. The van der Waals surface area contributed by atoms with Crippen molar-refractivity contribution < 1.29 is 19.4 Å². The van der Waals surface area contributed by atoms with E-state index in [4.69, 9.17) is 20.3 Å². The summed E-state index contributed by atoms with van der Waals surface area (Å²) >= 11 is 0. The van der Waals surface area contributed by atoms with E-state index in [-0.39, 0.29) is 30.2 Å². The van der Waals surface area contributed by atoms with Gasteiger partial charge in [0.25, 0.3) is 0 Å². The van der Waals surface area contributed by atoms with Crippen molar-refractivity contribution in [2.45, 2.75) is 26.2 Å². The van der Waals surface area contributed by atoms with Crippen molar-refractivity contribution in [1.82, 2.24) is 4.98 Å². The Balaban J connectivity index is 2.22. The number of nitrogens with two attached hydrogens (primary N) is 1. The summed E-state index contributed by atoms with van der Waals surface area (Å²) in [6.07, 6.45) is 2.52. The van der Waals surface area contributed by atoms with E-state index in [1.54, 1.807) is 24.3 Å². The normalized spacial score (nSPS) is 12.3. The molecule has 0 spiro atoms. The Kier molecular flexibility index (Phi) is 5.66. The lowest BCUT2D eigenvalue weighted by molar-refractivity contribution is -0.136. The average Bonchev–Trinajstić information content (AvgIpc) is 3.18. The highest BCUT2D eigenvalue weighted by molar-refractivity contribution is 5.86. The molecule has 2 aromatic rings. The number of rotatable bonds is 6. The second-order valence-electron chi connectivity index (χ2n) is 6.28. The maximum Gasteiger partial charge on any atom is 0.303 e. The van der Waals surface area contributed by atoms with Gasteiger partial charge in [-0.3, -0.25) is 4.79 Å². The highest BCUT2D eigenvalue weighted by Crippen LogP contribution is 2.40. The molecule has 1 aliphatic heterocycles. The molecule has 2 heterocycles. The van der Waals surface area contributed by atoms with E-state index in [1.165, 1.54) is 0 Å². The van der Waals surface area contributed by atoms with E-state index in [0.29, 0.717) is 46.7 Å². The number of pyridine rings is 1. The lowest BCUT2D eigenvalue weighted by Gasteiger charge is -2.15. The fraction of sp³-hybridized carbons (Fsp3) is 0.238. The van der Waals surface area contributed by atoms with Gasteiger partial charge in [0.15, 0.2) is 11.5 Å². The topological polar surface area (TPSA) is 142 Å². The Bertz CT molecular complexity index is 1090. The van der Waals surface area contributed by atoms with Crippen LogP contribution < -0.4 is 15.2 Å². The third kappa shape index (κ3) is 3.83. The van der Waals surface area contributed by atoms with E-state index >= 15 is 0 Å². The van der Waals surface area contributed by atoms with Gasteiger partial charge >= 0.3 is 5.97 Å². The van der Waals surface area contributed by atoms with Gasteiger partial charge in [-0.2, -0.15) is 10.5 Å². The molecule has 0 aliphatic carbocycles. The number of fused-ring (bicyclic) bond motifs is 1. The first kappa shape index (κ1) is 19.7. The molecule has 146 valence electrons. The fourth-order valence-electron chi connectivity index (χ4n) is 3.18. The largest absolute Gasteiger partial charge is 0.481 e. The van der Waals surface area contributed by atoms with Crippen molar-refractivity contribution in [2.75, 3.05) is 12.5 Å². The molecule has 0 saturated heterocycles. The Morgan fingerprint density at radius 1 is 1.28 bits per heavy atom. The maximum atomic E-state index is 10.8. The van der Waals surface area contributed by atoms with E-state index < -0.39 is 5.97 Å². The smallest absolute Gasteiger partial charge is 0.303 e. The molecule has 0 fully saturated rings. The summed E-state index contributed by atoms with van der Waals surface area (Å²) in [7, 11) is 0. The first-order chi connectivity index (χ1) is 14.0. The van der Waals surface area contributed by atoms with Gasteiger partial charge < -0.3 is 20.3 Å². The second-order valence-corrected chi connectivity index (χ2v) is 6.28. The van der Waals surface area contributed by atoms with Gasteiger partial charge in [-0.25, -0.2) is 4.98 Å². The summed E-state index contributed by atoms with van der Waals surface area (Å²) in [6.45, 7) is 1.98. The number of anilines is 1. The minimum atomic E-state index is -0.912. The molecule has 0 unspecified atom stereocenters. The van der Waals surface area contributed by atoms with Gasteiger partial charge in [-0.15, -0.1) is 0 Å². The predicted molar refractivity (Wildman–Crippen MR) is 105 cm³/mol. The third-order valence-electron chi connectivity index (χ3n) is 4.54. The lowest BCUT2D eigenvalue weighted by Crippen LogP contribution is -2.06. The monoisotopic (exact) mass is 390 g/mol. The number of carbonyl (C=O) groups is 1. The maximum absolute atomic E-state index is 10.8. The van der Waals surface area contributed by atoms with Crippen LogP contribution in [0.4, 0.5) is 5.82 Å². The van der Waals surface area contributed by atoms with Gasteiger partial charge in [0.2, 0.25) is 6.79 Å². The van der Waals surface area contributed by atoms with Crippen molar-refractivity contribution in [3.8, 4) is 34.8 Å².